The van der Waals surface area contributed by atoms with Crippen molar-refractivity contribution in [1.82, 2.24) is 0 Å². The molecule has 1 aromatic rings. The Bertz CT molecular complexity index is 522. The average Bonchev–Trinajstić information content (AvgIpc) is 2.39. The van der Waals surface area contributed by atoms with E-state index in [2.05, 4.69) is 10.6 Å². The van der Waals surface area contributed by atoms with Gasteiger partial charge in [-0.3, -0.25) is 9.59 Å². The van der Waals surface area contributed by atoms with Crippen LogP contribution in [0.25, 0.3) is 0 Å². The van der Waals surface area contributed by atoms with Crippen LogP contribution in [0, 0.1) is 5.92 Å². The van der Waals surface area contributed by atoms with E-state index in [1.807, 2.05) is 0 Å². The Morgan fingerprint density at radius 2 is 2.25 bits per heavy atom. The summed E-state index contributed by atoms with van der Waals surface area (Å²) in [6.07, 6.45) is -0.509. The van der Waals surface area contributed by atoms with Gasteiger partial charge in [-0.15, -0.1) is 12.4 Å². The minimum absolute atomic E-state index is 0. The van der Waals surface area contributed by atoms with Crippen molar-refractivity contribution in [2.45, 2.75) is 20.0 Å². The van der Waals surface area contributed by atoms with Crippen LogP contribution in [0.15, 0.2) is 18.2 Å². The number of anilines is 2. The summed E-state index contributed by atoms with van der Waals surface area (Å²) in [4.78, 5) is 23.2. The first-order valence-electron chi connectivity index (χ1n) is 6.13. The van der Waals surface area contributed by atoms with Gasteiger partial charge in [0.05, 0.1) is 5.69 Å². The zero-order valence-corrected chi connectivity index (χ0v) is 12.1. The lowest BCUT2D eigenvalue weighted by Gasteiger charge is -2.23. The second-order valence-corrected chi connectivity index (χ2v) is 4.59. The number of nitrogens with one attached hydrogen (secondary N) is 2. The number of ether oxygens (including phenoxy) is 1. The summed E-state index contributed by atoms with van der Waals surface area (Å²) >= 11 is 0. The van der Waals surface area contributed by atoms with Gasteiger partial charge in [0.25, 0.3) is 5.91 Å². The molecular formula is C13H18ClN3O3. The number of carbonyl (C=O) groups is 2. The summed E-state index contributed by atoms with van der Waals surface area (Å²) in [5.74, 6) is -0.0240. The molecule has 2 unspecified atom stereocenters. The first kappa shape index (κ1) is 16.3. The summed E-state index contributed by atoms with van der Waals surface area (Å²) in [5.41, 5.74) is 6.59. The molecule has 7 heteroatoms. The van der Waals surface area contributed by atoms with Gasteiger partial charge in [-0.1, -0.05) is 6.92 Å². The molecule has 6 nitrogen and oxygen atoms in total. The number of hydrogen-bond acceptors (Lipinski definition) is 4. The standard InChI is InChI=1S/C13H17N3O3.ClH/c1-7(6-14)12(17)15-9-3-4-11-10(5-9)16-13(18)8(2)19-11;/h3-5,7-8H,6,14H2,1-2H3,(H,15,17)(H,16,18);1H. The van der Waals surface area contributed by atoms with Crippen LogP contribution in [0.3, 0.4) is 0 Å². The quantitative estimate of drug-likeness (QED) is 0.785. The first-order valence-corrected chi connectivity index (χ1v) is 6.13. The average molecular weight is 300 g/mol. The van der Waals surface area contributed by atoms with E-state index in [4.69, 9.17) is 10.5 Å². The van der Waals surface area contributed by atoms with Crippen LogP contribution in [0.5, 0.6) is 5.75 Å². The Labute approximate surface area is 123 Å². The lowest BCUT2D eigenvalue weighted by Crippen LogP contribution is -2.34. The Hall–Kier alpha value is -1.79. The summed E-state index contributed by atoms with van der Waals surface area (Å²) < 4.78 is 5.43. The fraction of sp³-hybridized carbons (Fsp3) is 0.385. The third-order valence-electron chi connectivity index (χ3n) is 2.98. The molecule has 110 valence electrons. The summed E-state index contributed by atoms with van der Waals surface area (Å²) in [7, 11) is 0. The van der Waals surface area contributed by atoms with Crippen LogP contribution in [-0.4, -0.2) is 24.5 Å². The maximum Gasteiger partial charge on any atom is 0.265 e. The zero-order valence-electron chi connectivity index (χ0n) is 11.3. The Morgan fingerprint density at radius 1 is 1.55 bits per heavy atom. The van der Waals surface area contributed by atoms with Gasteiger partial charge >= 0.3 is 0 Å². The van der Waals surface area contributed by atoms with Crippen molar-refractivity contribution >= 4 is 35.6 Å². The molecule has 0 bridgehead atoms. The lowest BCUT2D eigenvalue weighted by atomic mass is 10.1. The van der Waals surface area contributed by atoms with Gasteiger partial charge in [-0.2, -0.15) is 0 Å². The number of fused-ring (bicyclic) bond motifs is 1. The molecule has 1 aliphatic heterocycles. The van der Waals surface area contributed by atoms with E-state index >= 15 is 0 Å². The summed E-state index contributed by atoms with van der Waals surface area (Å²) in [6.45, 7) is 3.71. The van der Waals surface area contributed by atoms with E-state index in [0.29, 0.717) is 17.1 Å². The second-order valence-electron chi connectivity index (χ2n) is 4.59. The number of nitrogens with two attached hydrogens (primary N) is 1. The van der Waals surface area contributed by atoms with E-state index in [0.717, 1.165) is 0 Å². The fourth-order valence-corrected chi connectivity index (χ4v) is 1.66. The van der Waals surface area contributed by atoms with Crippen molar-refractivity contribution < 1.29 is 14.3 Å². The number of benzene rings is 1. The maximum absolute atomic E-state index is 11.7. The third kappa shape index (κ3) is 3.40. The molecule has 4 N–H and O–H groups in total. The van der Waals surface area contributed by atoms with Gasteiger partial charge in [0.2, 0.25) is 5.91 Å². The molecule has 0 radical (unpaired) electrons. The molecule has 0 aliphatic carbocycles. The fourth-order valence-electron chi connectivity index (χ4n) is 1.66. The molecule has 2 amide bonds. The molecule has 0 saturated carbocycles. The molecule has 0 fully saturated rings. The largest absolute Gasteiger partial charge is 0.479 e. The second kappa shape index (κ2) is 6.58. The zero-order chi connectivity index (χ0) is 14.0. The first-order chi connectivity index (χ1) is 9.01. The third-order valence-corrected chi connectivity index (χ3v) is 2.98. The van der Waals surface area contributed by atoms with Crippen molar-refractivity contribution in [2.24, 2.45) is 11.7 Å². The molecule has 2 atom stereocenters. The summed E-state index contributed by atoms with van der Waals surface area (Å²) in [6, 6.07) is 5.11. The van der Waals surface area contributed by atoms with E-state index in [9.17, 15) is 9.59 Å². The molecular weight excluding hydrogens is 282 g/mol. The van der Waals surface area contributed by atoms with Gasteiger partial charge in [0.15, 0.2) is 6.10 Å². The van der Waals surface area contributed by atoms with Gasteiger partial charge < -0.3 is 21.1 Å². The van der Waals surface area contributed by atoms with Crippen LogP contribution in [0.2, 0.25) is 0 Å². The number of carbonyl (C=O) groups excluding carboxylic acids is 2. The molecule has 0 saturated heterocycles. The van der Waals surface area contributed by atoms with E-state index in [-0.39, 0.29) is 36.7 Å². The smallest absolute Gasteiger partial charge is 0.265 e. The monoisotopic (exact) mass is 299 g/mol. The number of amides is 2. The number of rotatable bonds is 3. The van der Waals surface area contributed by atoms with Crippen molar-refractivity contribution in [1.29, 1.82) is 0 Å². The predicted molar refractivity (Wildman–Crippen MR) is 79.3 cm³/mol. The van der Waals surface area contributed by atoms with Gasteiger partial charge in [-0.25, -0.2) is 0 Å². The molecule has 2 rings (SSSR count). The maximum atomic E-state index is 11.7. The van der Waals surface area contributed by atoms with Crippen molar-refractivity contribution in [2.75, 3.05) is 17.2 Å². The highest BCUT2D eigenvalue weighted by atomic mass is 35.5. The minimum atomic E-state index is -0.509. The molecule has 1 aliphatic rings. The molecule has 20 heavy (non-hydrogen) atoms. The highest BCUT2D eigenvalue weighted by Crippen LogP contribution is 2.32. The molecule has 0 aromatic heterocycles. The van der Waals surface area contributed by atoms with Gasteiger partial charge in [-0.05, 0) is 25.1 Å². The van der Waals surface area contributed by atoms with E-state index in [1.54, 1.807) is 32.0 Å². The number of hydrogen-bond donors (Lipinski definition) is 3. The van der Waals surface area contributed by atoms with Crippen LogP contribution in [0.4, 0.5) is 11.4 Å². The van der Waals surface area contributed by atoms with Crippen LogP contribution in [-0.2, 0) is 9.59 Å². The summed E-state index contributed by atoms with van der Waals surface area (Å²) in [5, 5.41) is 5.47. The van der Waals surface area contributed by atoms with Crippen molar-refractivity contribution in [3.63, 3.8) is 0 Å². The molecule has 1 heterocycles. The SMILES string of the molecule is CC(CN)C(=O)Nc1ccc2c(c1)NC(=O)C(C)O2.Cl. The van der Waals surface area contributed by atoms with Crippen molar-refractivity contribution in [3.8, 4) is 5.75 Å². The minimum Gasteiger partial charge on any atom is -0.479 e. The predicted octanol–water partition coefficient (Wildman–Crippen LogP) is 1.36. The highest BCUT2D eigenvalue weighted by Gasteiger charge is 2.23. The van der Waals surface area contributed by atoms with Gasteiger partial charge in [0.1, 0.15) is 5.75 Å². The van der Waals surface area contributed by atoms with Crippen LogP contribution in [0.1, 0.15) is 13.8 Å². The topological polar surface area (TPSA) is 93.5 Å². The van der Waals surface area contributed by atoms with Crippen LogP contribution < -0.4 is 21.1 Å². The van der Waals surface area contributed by atoms with Gasteiger partial charge in [0, 0.05) is 18.2 Å². The van der Waals surface area contributed by atoms with Crippen molar-refractivity contribution in [3.05, 3.63) is 18.2 Å². The van der Waals surface area contributed by atoms with E-state index in [1.165, 1.54) is 0 Å². The lowest BCUT2D eigenvalue weighted by molar-refractivity contribution is -0.122. The normalized spacial score (nSPS) is 17.9. The molecule has 0 spiro atoms. The highest BCUT2D eigenvalue weighted by molar-refractivity contribution is 5.99. The molecule has 1 aromatic carbocycles. The Balaban J connectivity index is 0.00000200. The van der Waals surface area contributed by atoms with E-state index < -0.39 is 6.10 Å². The van der Waals surface area contributed by atoms with Crippen LogP contribution >= 0.6 is 12.4 Å². The Morgan fingerprint density at radius 3 is 2.90 bits per heavy atom. The Kier molecular flexibility index (Phi) is 5.35. The number of halogens is 1.